The molecule has 9 nitrogen and oxygen atoms in total. The van der Waals surface area contributed by atoms with Gasteiger partial charge in [-0.25, -0.2) is 14.4 Å². The van der Waals surface area contributed by atoms with Crippen molar-refractivity contribution in [3.8, 4) is 11.5 Å². The van der Waals surface area contributed by atoms with Gasteiger partial charge in [0.05, 0.1) is 7.11 Å². The topological polar surface area (TPSA) is 151 Å². The minimum atomic E-state index is -2.28. The summed E-state index contributed by atoms with van der Waals surface area (Å²) in [7, 11) is 0.937. The number of carbonyl (C=O) groups excluding carboxylic acids is 2. The Kier molecular flexibility index (Phi) is 6.10. The lowest BCUT2D eigenvalue weighted by Crippen LogP contribution is -2.43. The van der Waals surface area contributed by atoms with Gasteiger partial charge < -0.3 is 29.9 Å². The normalized spacial score (nSPS) is 13.3. The van der Waals surface area contributed by atoms with E-state index in [4.69, 9.17) is 10.2 Å². The highest BCUT2D eigenvalue weighted by Crippen LogP contribution is 2.25. The van der Waals surface area contributed by atoms with E-state index in [2.05, 4.69) is 9.47 Å². The van der Waals surface area contributed by atoms with Crippen molar-refractivity contribution in [2.45, 2.75) is 12.2 Å². The molecule has 0 aliphatic carbocycles. The molecule has 0 saturated heterocycles. The van der Waals surface area contributed by atoms with Crippen LogP contribution in [0.3, 0.4) is 0 Å². The third kappa shape index (κ3) is 5.00. The summed E-state index contributed by atoms with van der Waals surface area (Å²) in [5.41, 5.74) is 0.325. The minimum Gasteiger partial charge on any atom is -0.504 e. The number of esters is 2. The van der Waals surface area contributed by atoms with Crippen molar-refractivity contribution in [1.82, 2.24) is 0 Å². The third-order valence-electron chi connectivity index (χ3n) is 2.63. The number of benzene rings is 1. The summed E-state index contributed by atoms with van der Waals surface area (Å²) >= 11 is 0. The van der Waals surface area contributed by atoms with Crippen LogP contribution in [0.4, 0.5) is 0 Å². The number of phenols is 2. The smallest absolute Gasteiger partial charge is 0.350 e. The molecule has 0 radical (unpaired) electrons. The summed E-state index contributed by atoms with van der Waals surface area (Å²) in [6, 6.07) is 3.72. The van der Waals surface area contributed by atoms with E-state index in [1.165, 1.54) is 18.2 Å². The number of aromatic hydroxyl groups is 2. The fraction of sp³-hybridized carbons (Fsp3) is 0.214. The molecule has 0 unspecified atom stereocenters. The van der Waals surface area contributed by atoms with Gasteiger partial charge in [0.25, 0.3) is 0 Å². The van der Waals surface area contributed by atoms with Gasteiger partial charge in [-0.15, -0.1) is 0 Å². The molecule has 4 N–H and O–H groups in total. The maximum atomic E-state index is 11.6. The van der Waals surface area contributed by atoms with Gasteiger partial charge in [-0.1, -0.05) is 6.07 Å². The van der Waals surface area contributed by atoms with Gasteiger partial charge in [-0.05, 0) is 23.8 Å². The molecule has 0 heterocycles. The number of hydrogen-bond donors (Lipinski definition) is 4. The molecule has 0 aromatic heterocycles. The molecule has 0 saturated carbocycles. The first-order valence-electron chi connectivity index (χ1n) is 6.15. The van der Waals surface area contributed by atoms with Crippen LogP contribution in [0.15, 0.2) is 24.3 Å². The van der Waals surface area contributed by atoms with Gasteiger partial charge in [-0.2, -0.15) is 0 Å². The second-order valence-electron chi connectivity index (χ2n) is 4.25. The van der Waals surface area contributed by atoms with Gasteiger partial charge in [0, 0.05) is 6.08 Å². The van der Waals surface area contributed by atoms with Crippen LogP contribution in [0.5, 0.6) is 11.5 Å². The Labute approximate surface area is 130 Å². The molecule has 1 aromatic rings. The summed E-state index contributed by atoms with van der Waals surface area (Å²) in [4.78, 5) is 33.6. The van der Waals surface area contributed by atoms with E-state index in [0.717, 1.165) is 19.3 Å². The maximum Gasteiger partial charge on any atom is 0.350 e. The van der Waals surface area contributed by atoms with Gasteiger partial charge in [0.1, 0.15) is 0 Å². The Bertz CT molecular complexity index is 635. The molecule has 23 heavy (non-hydrogen) atoms. The zero-order valence-electron chi connectivity index (χ0n) is 11.9. The average Bonchev–Trinajstić information content (AvgIpc) is 2.52. The third-order valence-corrected chi connectivity index (χ3v) is 2.63. The van der Waals surface area contributed by atoms with E-state index in [1.54, 1.807) is 0 Å². The van der Waals surface area contributed by atoms with Crippen molar-refractivity contribution in [3.05, 3.63) is 29.8 Å². The van der Waals surface area contributed by atoms with E-state index >= 15 is 0 Å². The lowest BCUT2D eigenvalue weighted by Gasteiger charge is -2.17. The van der Waals surface area contributed by atoms with Crippen LogP contribution in [0.2, 0.25) is 0 Å². The summed E-state index contributed by atoms with van der Waals surface area (Å²) in [6.07, 6.45) is -2.28. The molecule has 0 bridgehead atoms. The Balaban J connectivity index is 2.82. The molecule has 0 amide bonds. The highest BCUT2D eigenvalue weighted by atomic mass is 16.6. The number of phenolic OH excluding ortho intramolecular Hbond substituents is 2. The predicted molar refractivity (Wildman–Crippen MR) is 74.3 cm³/mol. The van der Waals surface area contributed by atoms with E-state index < -0.39 is 35.9 Å². The SMILES string of the molecule is COC(=O)[C@H](OC(=O)C=Cc1ccc(O)c(O)c1)[C@@H](O)C(=O)O. The molecule has 1 aromatic carbocycles. The predicted octanol–water partition coefficient (Wildman–Crippen LogP) is -0.359. The van der Waals surface area contributed by atoms with Crippen LogP contribution in [-0.2, 0) is 23.9 Å². The van der Waals surface area contributed by atoms with Crippen molar-refractivity contribution in [3.63, 3.8) is 0 Å². The maximum absolute atomic E-state index is 11.6. The number of aliphatic carboxylic acids is 1. The number of methoxy groups -OCH3 is 1. The van der Waals surface area contributed by atoms with Gasteiger partial charge in [-0.3, -0.25) is 0 Å². The fourth-order valence-corrected chi connectivity index (χ4v) is 1.46. The standard InChI is InChI=1S/C14H14O9/c1-22-14(21)12(11(18)13(19)20)23-10(17)5-3-7-2-4-8(15)9(16)6-7/h2-6,11-12,15-16,18H,1H3,(H,19,20)/t11-,12-/m1/s1. The first-order valence-corrected chi connectivity index (χ1v) is 6.15. The molecule has 1 rings (SSSR count). The number of carbonyl (C=O) groups is 3. The number of carboxylic acids is 1. The lowest BCUT2D eigenvalue weighted by atomic mass is 10.2. The molecule has 9 heteroatoms. The highest BCUT2D eigenvalue weighted by Gasteiger charge is 2.36. The fourth-order valence-electron chi connectivity index (χ4n) is 1.46. The molecule has 2 atom stereocenters. The lowest BCUT2D eigenvalue weighted by molar-refractivity contribution is -0.177. The van der Waals surface area contributed by atoms with E-state index in [9.17, 15) is 24.6 Å². The quantitative estimate of drug-likeness (QED) is 0.312. The molecule has 124 valence electrons. The Morgan fingerprint density at radius 2 is 1.83 bits per heavy atom. The summed E-state index contributed by atoms with van der Waals surface area (Å²) in [6.45, 7) is 0. The van der Waals surface area contributed by atoms with Crippen molar-refractivity contribution in [2.24, 2.45) is 0 Å². The van der Waals surface area contributed by atoms with Crippen LogP contribution >= 0.6 is 0 Å². The van der Waals surface area contributed by atoms with E-state index in [1.807, 2.05) is 0 Å². The van der Waals surface area contributed by atoms with Crippen LogP contribution in [0.25, 0.3) is 6.08 Å². The first-order chi connectivity index (χ1) is 10.8. The van der Waals surface area contributed by atoms with Crippen LogP contribution < -0.4 is 0 Å². The van der Waals surface area contributed by atoms with Gasteiger partial charge >= 0.3 is 17.9 Å². The second kappa shape index (κ2) is 7.80. The van der Waals surface area contributed by atoms with E-state index in [-0.39, 0.29) is 5.75 Å². The summed E-state index contributed by atoms with van der Waals surface area (Å²) in [5, 5.41) is 36.4. The van der Waals surface area contributed by atoms with Crippen LogP contribution in [0.1, 0.15) is 5.56 Å². The zero-order valence-corrected chi connectivity index (χ0v) is 11.9. The van der Waals surface area contributed by atoms with Crippen molar-refractivity contribution in [2.75, 3.05) is 7.11 Å². The molecule has 0 fully saturated rings. The molecule has 0 aliphatic rings. The minimum absolute atomic E-state index is 0.325. The Morgan fingerprint density at radius 3 is 2.35 bits per heavy atom. The second-order valence-corrected chi connectivity index (χ2v) is 4.25. The molecular formula is C14H14O9. The number of carboxylic acid groups (broad SMARTS) is 1. The zero-order chi connectivity index (χ0) is 17.6. The van der Waals surface area contributed by atoms with Crippen LogP contribution in [-0.4, -0.2) is 57.7 Å². The Hall–Kier alpha value is -3.07. The molecule has 0 spiro atoms. The van der Waals surface area contributed by atoms with Crippen molar-refractivity contribution < 1.29 is 44.3 Å². The van der Waals surface area contributed by atoms with Gasteiger partial charge in [0.2, 0.25) is 6.10 Å². The van der Waals surface area contributed by atoms with E-state index in [0.29, 0.717) is 5.56 Å². The number of aliphatic hydroxyl groups excluding tert-OH is 1. The number of rotatable bonds is 6. The summed E-state index contributed by atoms with van der Waals surface area (Å²) in [5.74, 6) is -4.87. The monoisotopic (exact) mass is 326 g/mol. The number of aliphatic hydroxyl groups is 1. The number of ether oxygens (including phenoxy) is 2. The van der Waals surface area contributed by atoms with Crippen molar-refractivity contribution >= 4 is 24.0 Å². The highest BCUT2D eigenvalue weighted by molar-refractivity contribution is 5.91. The first kappa shape index (κ1) is 18.0. The average molecular weight is 326 g/mol. The van der Waals surface area contributed by atoms with Crippen LogP contribution in [0, 0.1) is 0 Å². The summed E-state index contributed by atoms with van der Waals surface area (Å²) < 4.78 is 8.81. The molecular weight excluding hydrogens is 312 g/mol. The largest absolute Gasteiger partial charge is 0.504 e. The molecule has 0 aliphatic heterocycles. The number of hydrogen-bond acceptors (Lipinski definition) is 8. The van der Waals surface area contributed by atoms with Crippen molar-refractivity contribution in [1.29, 1.82) is 0 Å². The van der Waals surface area contributed by atoms with Gasteiger partial charge in [0.15, 0.2) is 17.6 Å². The Morgan fingerprint density at radius 1 is 1.17 bits per heavy atom.